The summed E-state index contributed by atoms with van der Waals surface area (Å²) in [5.41, 5.74) is 5.09. The Morgan fingerprint density at radius 3 is 2.50 bits per heavy atom. The lowest BCUT2D eigenvalue weighted by atomic mass is 10.1. The first-order chi connectivity index (χ1) is 8.36. The summed E-state index contributed by atoms with van der Waals surface area (Å²) in [5, 5.41) is 0. The molecule has 0 bridgehead atoms. The van der Waals surface area contributed by atoms with Gasteiger partial charge in [0.25, 0.3) is 0 Å². The van der Waals surface area contributed by atoms with Crippen molar-refractivity contribution in [1.82, 2.24) is 0 Å². The fourth-order valence-corrected chi connectivity index (χ4v) is 1.76. The molecule has 1 aromatic carbocycles. The van der Waals surface area contributed by atoms with Crippen molar-refractivity contribution >= 4 is 15.9 Å². The third-order valence-electron chi connectivity index (χ3n) is 2.21. The quantitative estimate of drug-likeness (QED) is 0.845. The van der Waals surface area contributed by atoms with Gasteiger partial charge in [0.1, 0.15) is 18.4 Å². The molecule has 1 unspecified atom stereocenters. The molecule has 3 nitrogen and oxygen atoms in total. The zero-order chi connectivity index (χ0) is 13.8. The minimum absolute atomic E-state index is 0.0199. The summed E-state index contributed by atoms with van der Waals surface area (Å²) in [7, 11) is 1.53. The van der Waals surface area contributed by atoms with Crippen LogP contribution >= 0.6 is 15.9 Å². The van der Waals surface area contributed by atoms with Gasteiger partial charge in [-0.25, -0.2) is 0 Å². The van der Waals surface area contributed by atoms with Crippen LogP contribution in [-0.4, -0.2) is 26.5 Å². The van der Waals surface area contributed by atoms with E-state index in [1.807, 2.05) is 0 Å². The average molecular weight is 328 g/mol. The maximum Gasteiger partial charge on any atom is 0.407 e. The summed E-state index contributed by atoms with van der Waals surface area (Å²) in [6, 6.07) is 2.05. The second-order valence-electron chi connectivity index (χ2n) is 3.55. The van der Waals surface area contributed by atoms with Gasteiger partial charge < -0.3 is 15.2 Å². The van der Waals surface area contributed by atoms with Crippen molar-refractivity contribution in [2.45, 2.75) is 12.2 Å². The van der Waals surface area contributed by atoms with Crippen LogP contribution in [0.2, 0.25) is 0 Å². The molecular formula is C11H13BrF3NO2. The topological polar surface area (TPSA) is 44.5 Å². The van der Waals surface area contributed by atoms with Gasteiger partial charge in [-0.3, -0.25) is 0 Å². The van der Waals surface area contributed by atoms with Crippen LogP contribution in [-0.2, 0) is 4.74 Å². The number of halogens is 4. The van der Waals surface area contributed by atoms with E-state index in [0.717, 1.165) is 0 Å². The Kier molecular flexibility index (Phi) is 5.43. The fourth-order valence-electron chi connectivity index (χ4n) is 1.25. The van der Waals surface area contributed by atoms with Gasteiger partial charge >= 0.3 is 6.18 Å². The molecule has 7 heteroatoms. The standard InChI is InChI=1S/C11H13BrF3NO2/c1-17-4-5-18-9-3-2-7(6-8(9)12)10(16)11(13,14)15/h2-3,6,10H,4-5,16H2,1H3. The summed E-state index contributed by atoms with van der Waals surface area (Å²) < 4.78 is 47.8. The minimum atomic E-state index is -4.46. The minimum Gasteiger partial charge on any atom is -0.490 e. The Morgan fingerprint density at radius 2 is 2.00 bits per heavy atom. The van der Waals surface area contributed by atoms with Crippen molar-refractivity contribution in [2.75, 3.05) is 20.3 Å². The second-order valence-corrected chi connectivity index (χ2v) is 4.40. The van der Waals surface area contributed by atoms with Gasteiger partial charge in [-0.05, 0) is 33.6 Å². The molecule has 0 aromatic heterocycles. The molecule has 0 aliphatic carbocycles. The largest absolute Gasteiger partial charge is 0.490 e. The third kappa shape index (κ3) is 4.15. The number of nitrogens with two attached hydrogens (primary N) is 1. The van der Waals surface area contributed by atoms with Gasteiger partial charge in [0, 0.05) is 7.11 Å². The summed E-state index contributed by atoms with van der Waals surface area (Å²) in [6.45, 7) is 0.718. The van der Waals surface area contributed by atoms with E-state index in [1.165, 1.54) is 25.3 Å². The number of hydrogen-bond acceptors (Lipinski definition) is 3. The van der Waals surface area contributed by atoms with Gasteiger partial charge in [-0.2, -0.15) is 13.2 Å². The molecule has 0 saturated heterocycles. The van der Waals surface area contributed by atoms with E-state index in [1.54, 1.807) is 0 Å². The Balaban J connectivity index is 2.79. The number of methoxy groups -OCH3 is 1. The van der Waals surface area contributed by atoms with E-state index in [9.17, 15) is 13.2 Å². The van der Waals surface area contributed by atoms with Crippen molar-refractivity contribution in [2.24, 2.45) is 5.73 Å². The van der Waals surface area contributed by atoms with Crippen LogP contribution in [0, 0.1) is 0 Å². The van der Waals surface area contributed by atoms with Gasteiger partial charge in [0.15, 0.2) is 0 Å². The van der Waals surface area contributed by atoms with E-state index in [2.05, 4.69) is 15.9 Å². The second kappa shape index (κ2) is 6.40. The molecule has 0 fully saturated rings. The lowest BCUT2D eigenvalue weighted by Gasteiger charge is -2.17. The normalized spacial score (nSPS) is 13.4. The molecule has 1 atom stereocenters. The lowest BCUT2D eigenvalue weighted by Crippen LogP contribution is -2.28. The van der Waals surface area contributed by atoms with Gasteiger partial charge in [0.2, 0.25) is 0 Å². The summed E-state index contributed by atoms with van der Waals surface area (Å²) in [6.07, 6.45) is -4.46. The van der Waals surface area contributed by atoms with Crippen molar-refractivity contribution in [3.05, 3.63) is 28.2 Å². The molecule has 0 aliphatic rings. The van der Waals surface area contributed by atoms with E-state index < -0.39 is 12.2 Å². The van der Waals surface area contributed by atoms with Crippen molar-refractivity contribution < 1.29 is 22.6 Å². The fraction of sp³-hybridized carbons (Fsp3) is 0.455. The van der Waals surface area contributed by atoms with Crippen molar-refractivity contribution in [1.29, 1.82) is 0 Å². The summed E-state index contributed by atoms with van der Waals surface area (Å²) in [4.78, 5) is 0. The molecular weight excluding hydrogens is 315 g/mol. The lowest BCUT2D eigenvalue weighted by molar-refractivity contribution is -0.149. The van der Waals surface area contributed by atoms with E-state index in [0.29, 0.717) is 23.4 Å². The van der Waals surface area contributed by atoms with Crippen LogP contribution in [0.25, 0.3) is 0 Å². The van der Waals surface area contributed by atoms with Crippen LogP contribution in [0.1, 0.15) is 11.6 Å². The summed E-state index contributed by atoms with van der Waals surface area (Å²) >= 11 is 3.15. The average Bonchev–Trinajstić information content (AvgIpc) is 2.29. The SMILES string of the molecule is COCCOc1ccc(C(N)C(F)(F)F)cc1Br. The van der Waals surface area contributed by atoms with E-state index >= 15 is 0 Å². The highest BCUT2D eigenvalue weighted by Gasteiger charge is 2.37. The van der Waals surface area contributed by atoms with Crippen LogP contribution in [0.3, 0.4) is 0 Å². The zero-order valence-corrected chi connectivity index (χ0v) is 11.2. The molecule has 0 radical (unpaired) electrons. The molecule has 1 rings (SSSR count). The van der Waals surface area contributed by atoms with E-state index in [-0.39, 0.29) is 5.56 Å². The number of ether oxygens (including phenoxy) is 2. The Labute approximate surface area is 111 Å². The molecule has 0 spiro atoms. The highest BCUT2D eigenvalue weighted by Crippen LogP contribution is 2.34. The first-order valence-electron chi connectivity index (χ1n) is 5.09. The number of hydrogen-bond donors (Lipinski definition) is 1. The first kappa shape index (κ1) is 15.3. The molecule has 2 N–H and O–H groups in total. The van der Waals surface area contributed by atoms with Crippen LogP contribution < -0.4 is 10.5 Å². The summed E-state index contributed by atoms with van der Waals surface area (Å²) in [5.74, 6) is 0.449. The smallest absolute Gasteiger partial charge is 0.407 e. The Bertz CT molecular complexity index is 398. The number of rotatable bonds is 5. The Hall–Kier alpha value is -0.790. The number of benzene rings is 1. The zero-order valence-electron chi connectivity index (χ0n) is 9.63. The van der Waals surface area contributed by atoms with Gasteiger partial charge in [-0.1, -0.05) is 6.07 Å². The molecule has 0 aliphatic heterocycles. The highest BCUT2D eigenvalue weighted by atomic mass is 79.9. The van der Waals surface area contributed by atoms with Crippen LogP contribution in [0.4, 0.5) is 13.2 Å². The predicted molar refractivity (Wildman–Crippen MR) is 64.5 cm³/mol. The monoisotopic (exact) mass is 327 g/mol. The predicted octanol–water partition coefficient (Wildman–Crippen LogP) is 3.04. The van der Waals surface area contributed by atoms with E-state index in [4.69, 9.17) is 15.2 Å². The molecule has 18 heavy (non-hydrogen) atoms. The van der Waals surface area contributed by atoms with Crippen LogP contribution in [0.5, 0.6) is 5.75 Å². The molecule has 0 saturated carbocycles. The van der Waals surface area contributed by atoms with Crippen molar-refractivity contribution in [3.63, 3.8) is 0 Å². The molecule has 0 amide bonds. The van der Waals surface area contributed by atoms with Gasteiger partial charge in [0.05, 0.1) is 11.1 Å². The molecule has 102 valence electrons. The maximum atomic E-state index is 12.4. The van der Waals surface area contributed by atoms with Gasteiger partial charge in [-0.15, -0.1) is 0 Å². The van der Waals surface area contributed by atoms with Crippen molar-refractivity contribution in [3.8, 4) is 5.75 Å². The molecule has 1 aromatic rings. The first-order valence-corrected chi connectivity index (χ1v) is 5.89. The molecule has 0 heterocycles. The maximum absolute atomic E-state index is 12.4. The Morgan fingerprint density at radius 1 is 1.33 bits per heavy atom. The number of alkyl halides is 3. The highest BCUT2D eigenvalue weighted by molar-refractivity contribution is 9.10. The third-order valence-corrected chi connectivity index (χ3v) is 2.83. The van der Waals surface area contributed by atoms with Crippen LogP contribution in [0.15, 0.2) is 22.7 Å².